The third-order valence-electron chi connectivity index (χ3n) is 8.58. The molecular formula is C46H38N4O10S. The third kappa shape index (κ3) is 12.1. The van der Waals surface area contributed by atoms with Crippen LogP contribution in [-0.2, 0) is 19.1 Å². The molecule has 0 saturated heterocycles. The minimum Gasteiger partial charge on any atom is -0.454 e. The molecule has 14 nitrogen and oxygen atoms in total. The Labute approximate surface area is 354 Å². The zero-order chi connectivity index (χ0) is 44.1. The van der Waals surface area contributed by atoms with Crippen molar-refractivity contribution in [2.45, 2.75) is 16.7 Å². The molecule has 0 radical (unpaired) electrons. The van der Waals surface area contributed by atoms with E-state index in [2.05, 4.69) is 34.4 Å². The molecule has 5 aromatic carbocycles. The monoisotopic (exact) mass is 838 g/mol. The minimum absolute atomic E-state index is 0.0445. The van der Waals surface area contributed by atoms with Gasteiger partial charge in [0.25, 0.3) is 23.6 Å². The van der Waals surface area contributed by atoms with Gasteiger partial charge in [-0.3, -0.25) is 28.8 Å². The maximum absolute atomic E-state index is 13.9. The van der Waals surface area contributed by atoms with Gasteiger partial charge < -0.3 is 30.7 Å². The first-order chi connectivity index (χ1) is 29.3. The average molecular weight is 839 g/mol. The lowest BCUT2D eigenvalue weighted by molar-refractivity contribution is -0.118. The number of anilines is 3. The highest BCUT2D eigenvalue weighted by molar-refractivity contribution is 7.99. The largest absolute Gasteiger partial charge is 0.454 e. The van der Waals surface area contributed by atoms with Crippen molar-refractivity contribution in [3.63, 3.8) is 0 Å². The normalized spacial score (nSPS) is 10.3. The Morgan fingerprint density at radius 1 is 0.525 bits per heavy atom. The fraction of sp³-hybridized carbons (Fsp3) is 0.0870. The van der Waals surface area contributed by atoms with Gasteiger partial charge in [0.15, 0.2) is 24.8 Å². The number of esters is 2. The van der Waals surface area contributed by atoms with Crippen LogP contribution in [0.15, 0.2) is 144 Å². The number of ether oxygens (including phenoxy) is 2. The average Bonchev–Trinajstić information content (AvgIpc) is 3.27. The molecule has 61 heavy (non-hydrogen) atoms. The van der Waals surface area contributed by atoms with Crippen LogP contribution in [0.3, 0.4) is 0 Å². The van der Waals surface area contributed by atoms with E-state index < -0.39 is 54.4 Å². The van der Waals surface area contributed by atoms with Crippen molar-refractivity contribution in [1.82, 2.24) is 5.32 Å². The second kappa shape index (κ2) is 20.7. The molecule has 0 aliphatic heterocycles. The summed E-state index contributed by atoms with van der Waals surface area (Å²) in [5.74, 6) is -5.10. The Morgan fingerprint density at radius 3 is 1.46 bits per heavy atom. The van der Waals surface area contributed by atoms with E-state index in [1.54, 1.807) is 54.6 Å². The van der Waals surface area contributed by atoms with Crippen molar-refractivity contribution < 1.29 is 47.8 Å². The molecule has 5 aromatic rings. The highest BCUT2D eigenvalue weighted by Crippen LogP contribution is 2.32. The Balaban J connectivity index is 1.34. The first-order valence-corrected chi connectivity index (χ1v) is 19.1. The molecule has 0 aromatic heterocycles. The van der Waals surface area contributed by atoms with Crippen LogP contribution >= 0.6 is 11.8 Å². The van der Waals surface area contributed by atoms with Crippen molar-refractivity contribution >= 4 is 76.0 Å². The summed E-state index contributed by atoms with van der Waals surface area (Å²) >= 11 is 1.09. The molecule has 0 bridgehead atoms. The van der Waals surface area contributed by atoms with E-state index in [0.29, 0.717) is 26.7 Å². The summed E-state index contributed by atoms with van der Waals surface area (Å²) in [6.07, 6.45) is 1.99. The first-order valence-electron chi connectivity index (χ1n) is 18.3. The van der Waals surface area contributed by atoms with Crippen LogP contribution in [0.5, 0.6) is 0 Å². The molecule has 0 unspecified atom stereocenters. The molecule has 5 rings (SSSR count). The zero-order valence-electron chi connectivity index (χ0n) is 32.9. The lowest BCUT2D eigenvalue weighted by atomic mass is 10.1. The topological polar surface area (TPSA) is 203 Å². The van der Waals surface area contributed by atoms with Gasteiger partial charge in [0.2, 0.25) is 0 Å². The molecule has 0 spiro atoms. The van der Waals surface area contributed by atoms with E-state index in [4.69, 9.17) is 9.47 Å². The maximum Gasteiger partial charge on any atom is 0.339 e. The predicted octanol–water partition coefficient (Wildman–Crippen LogP) is 7.09. The second-order valence-electron chi connectivity index (χ2n) is 13.0. The Hall–Kier alpha value is -7.91. The minimum atomic E-state index is -0.967. The number of carbonyl (C=O) groups excluding carboxylic acids is 8. The number of hydrogen-bond donors (Lipinski definition) is 4. The number of aryl methyl sites for hydroxylation is 1. The van der Waals surface area contributed by atoms with E-state index in [-0.39, 0.29) is 39.4 Å². The van der Waals surface area contributed by atoms with Crippen LogP contribution in [0, 0.1) is 6.92 Å². The molecule has 0 fully saturated rings. The van der Waals surface area contributed by atoms with E-state index in [1.807, 2.05) is 13.0 Å². The highest BCUT2D eigenvalue weighted by Gasteiger charge is 2.23. The van der Waals surface area contributed by atoms with Gasteiger partial charge >= 0.3 is 11.9 Å². The van der Waals surface area contributed by atoms with E-state index in [9.17, 15) is 38.4 Å². The summed E-state index contributed by atoms with van der Waals surface area (Å²) in [6, 6.07) is 28.3. The maximum atomic E-state index is 13.9. The molecule has 4 amide bonds. The van der Waals surface area contributed by atoms with Crippen molar-refractivity contribution in [3.05, 3.63) is 173 Å². The van der Waals surface area contributed by atoms with Crippen LogP contribution in [0.1, 0.15) is 67.7 Å². The van der Waals surface area contributed by atoms with Gasteiger partial charge in [-0.1, -0.05) is 48.7 Å². The van der Waals surface area contributed by atoms with Gasteiger partial charge in [-0.15, -0.1) is 0 Å². The molecule has 0 aliphatic rings. The summed E-state index contributed by atoms with van der Waals surface area (Å²) in [5, 5.41) is 10.8. The number of rotatable bonds is 17. The SMILES string of the molecule is C=CC(=O)COC(=O)c1ccc(Sc2ccc(C(=O)OCC(=O)C=C)c(C(=O)Nc3cccc(C(=O)Nc4ccc(NC(=O)c5cccc(C)c5)cc4)c3)c2)cc1C(=O)NC. The van der Waals surface area contributed by atoms with Crippen molar-refractivity contribution in [2.24, 2.45) is 0 Å². The summed E-state index contributed by atoms with van der Waals surface area (Å²) in [6.45, 7) is 7.42. The standard InChI is InChI=1S/C46H38N4O10S/c1-5-33(51)25-59-45(57)37-19-17-35(23-39(37)43(55)47-4)61-36-18-20-38(46(58)60-26-34(52)6-2)40(24-36)44(56)50-32-12-8-11-29(22-32)42(54)49-31-15-13-30(14-16-31)48-41(53)28-10-7-9-27(3)21-28/h5-24H,1-2,25-26H2,3-4H3,(H,47,55)(H,48,53)(H,49,54)(H,50,56). The first kappa shape index (κ1) is 44.2. The smallest absolute Gasteiger partial charge is 0.339 e. The fourth-order valence-electron chi connectivity index (χ4n) is 5.49. The summed E-state index contributed by atoms with van der Waals surface area (Å²) in [5.41, 5.74) is 2.35. The molecule has 0 atom stereocenters. The van der Waals surface area contributed by atoms with Gasteiger partial charge in [0.05, 0.1) is 22.3 Å². The van der Waals surface area contributed by atoms with Gasteiger partial charge in [-0.2, -0.15) is 0 Å². The van der Waals surface area contributed by atoms with Gasteiger partial charge in [-0.05, 0) is 110 Å². The Morgan fingerprint density at radius 2 is 0.984 bits per heavy atom. The van der Waals surface area contributed by atoms with Crippen LogP contribution in [0.25, 0.3) is 0 Å². The zero-order valence-corrected chi connectivity index (χ0v) is 33.7. The van der Waals surface area contributed by atoms with E-state index >= 15 is 0 Å². The summed E-state index contributed by atoms with van der Waals surface area (Å²) in [4.78, 5) is 103. The molecule has 0 heterocycles. The van der Waals surface area contributed by atoms with Gasteiger partial charge in [0.1, 0.15) is 0 Å². The van der Waals surface area contributed by atoms with Gasteiger partial charge in [0, 0.05) is 45.0 Å². The summed E-state index contributed by atoms with van der Waals surface area (Å²) in [7, 11) is 1.38. The van der Waals surface area contributed by atoms with Crippen LogP contribution < -0.4 is 21.3 Å². The van der Waals surface area contributed by atoms with E-state index in [1.165, 1.54) is 55.6 Å². The number of hydrogen-bond acceptors (Lipinski definition) is 11. The number of benzene rings is 5. The van der Waals surface area contributed by atoms with Crippen LogP contribution in [0.4, 0.5) is 17.1 Å². The number of nitrogens with one attached hydrogen (secondary N) is 4. The lowest BCUT2D eigenvalue weighted by Crippen LogP contribution is -2.22. The molecule has 0 saturated carbocycles. The van der Waals surface area contributed by atoms with Crippen LogP contribution in [-0.4, -0.2) is 67.4 Å². The number of carbonyl (C=O) groups is 8. The molecule has 15 heteroatoms. The molecular weight excluding hydrogens is 801 g/mol. The Kier molecular flexibility index (Phi) is 15.0. The lowest BCUT2D eigenvalue weighted by Gasteiger charge is -2.14. The third-order valence-corrected chi connectivity index (χ3v) is 9.56. The second-order valence-corrected chi connectivity index (χ2v) is 14.1. The van der Waals surface area contributed by atoms with E-state index in [0.717, 1.165) is 29.5 Å². The number of ketones is 2. The molecule has 4 N–H and O–H groups in total. The van der Waals surface area contributed by atoms with Crippen molar-refractivity contribution in [2.75, 3.05) is 36.2 Å². The number of amides is 4. The van der Waals surface area contributed by atoms with Crippen molar-refractivity contribution in [1.29, 1.82) is 0 Å². The molecule has 0 aliphatic carbocycles. The van der Waals surface area contributed by atoms with Crippen LogP contribution in [0.2, 0.25) is 0 Å². The highest BCUT2D eigenvalue weighted by atomic mass is 32.2. The summed E-state index contributed by atoms with van der Waals surface area (Å²) < 4.78 is 10.2. The predicted molar refractivity (Wildman–Crippen MR) is 229 cm³/mol. The molecule has 308 valence electrons. The fourth-order valence-corrected chi connectivity index (χ4v) is 6.39. The quantitative estimate of drug-likeness (QED) is 0.0550. The van der Waals surface area contributed by atoms with Crippen molar-refractivity contribution in [3.8, 4) is 0 Å². The van der Waals surface area contributed by atoms with Gasteiger partial charge in [-0.25, -0.2) is 9.59 Å². The Bertz CT molecular complexity index is 2590.